The molecule has 0 aliphatic carbocycles. The van der Waals surface area contributed by atoms with Gasteiger partial charge >= 0.3 is 0 Å². The third-order valence-electron chi connectivity index (χ3n) is 2.87. The minimum absolute atomic E-state index is 0.361. The van der Waals surface area contributed by atoms with Gasteiger partial charge < -0.3 is 5.32 Å². The van der Waals surface area contributed by atoms with Crippen molar-refractivity contribution in [2.24, 2.45) is 11.3 Å². The largest absolute Gasteiger partial charge is 0.312 e. The van der Waals surface area contributed by atoms with E-state index in [4.69, 9.17) is 0 Å². The molecule has 1 heterocycles. The molecule has 0 aliphatic heterocycles. The molecule has 1 aromatic rings. The fourth-order valence-electron chi connectivity index (χ4n) is 1.16. The number of nitrogens with zero attached hydrogens (tertiary/aromatic N) is 2. The maximum Gasteiger partial charge on any atom is 0.115 e. The van der Waals surface area contributed by atoms with E-state index in [2.05, 4.69) is 43.0 Å². The Morgan fingerprint density at radius 3 is 2.40 bits per heavy atom. The highest BCUT2D eigenvalue weighted by Gasteiger charge is 2.18. The Morgan fingerprint density at radius 2 is 1.87 bits per heavy atom. The molecule has 3 nitrogen and oxygen atoms in total. The Bertz CT molecular complexity index is 277. The minimum atomic E-state index is 0.361. The van der Waals surface area contributed by atoms with Crippen LogP contribution in [0.5, 0.6) is 0 Å². The lowest BCUT2D eigenvalue weighted by Crippen LogP contribution is -2.29. The van der Waals surface area contributed by atoms with E-state index in [1.54, 1.807) is 6.33 Å². The number of rotatable bonds is 4. The van der Waals surface area contributed by atoms with Gasteiger partial charge in [0.25, 0.3) is 0 Å². The SMILES string of the molecule is CC(CNCc1cncnc1)C(C)(C)C. The van der Waals surface area contributed by atoms with Crippen molar-refractivity contribution in [2.75, 3.05) is 6.54 Å². The van der Waals surface area contributed by atoms with Crippen LogP contribution in [0, 0.1) is 11.3 Å². The zero-order valence-electron chi connectivity index (χ0n) is 10.1. The monoisotopic (exact) mass is 207 g/mol. The van der Waals surface area contributed by atoms with Gasteiger partial charge in [-0.15, -0.1) is 0 Å². The van der Waals surface area contributed by atoms with Gasteiger partial charge in [0.05, 0.1) is 0 Å². The van der Waals surface area contributed by atoms with Crippen molar-refractivity contribution >= 4 is 0 Å². The highest BCUT2D eigenvalue weighted by Crippen LogP contribution is 2.24. The van der Waals surface area contributed by atoms with Gasteiger partial charge in [0.1, 0.15) is 6.33 Å². The van der Waals surface area contributed by atoms with Crippen molar-refractivity contribution in [3.05, 3.63) is 24.3 Å². The van der Waals surface area contributed by atoms with Gasteiger partial charge in [0, 0.05) is 24.5 Å². The smallest absolute Gasteiger partial charge is 0.115 e. The second kappa shape index (κ2) is 5.21. The number of aromatic nitrogens is 2. The van der Waals surface area contributed by atoms with Crippen molar-refractivity contribution in [1.29, 1.82) is 0 Å². The lowest BCUT2D eigenvalue weighted by Gasteiger charge is -2.27. The Kier molecular flexibility index (Phi) is 4.21. The second-order valence-corrected chi connectivity index (χ2v) is 5.14. The molecule has 15 heavy (non-hydrogen) atoms. The van der Waals surface area contributed by atoms with Crippen LogP contribution >= 0.6 is 0 Å². The van der Waals surface area contributed by atoms with E-state index in [0.29, 0.717) is 11.3 Å². The zero-order valence-corrected chi connectivity index (χ0v) is 10.1. The van der Waals surface area contributed by atoms with Crippen molar-refractivity contribution in [2.45, 2.75) is 34.2 Å². The molecule has 1 aromatic heterocycles. The van der Waals surface area contributed by atoms with E-state index >= 15 is 0 Å². The maximum absolute atomic E-state index is 3.98. The fourth-order valence-corrected chi connectivity index (χ4v) is 1.16. The van der Waals surface area contributed by atoms with Gasteiger partial charge in [-0.2, -0.15) is 0 Å². The molecule has 1 N–H and O–H groups in total. The summed E-state index contributed by atoms with van der Waals surface area (Å²) in [5.41, 5.74) is 1.50. The number of hydrogen-bond acceptors (Lipinski definition) is 3. The molecule has 0 aliphatic rings. The predicted octanol–water partition coefficient (Wildman–Crippen LogP) is 2.25. The molecule has 0 saturated carbocycles. The molecule has 3 heteroatoms. The molecule has 1 unspecified atom stereocenters. The van der Waals surface area contributed by atoms with E-state index in [1.807, 2.05) is 12.4 Å². The average Bonchev–Trinajstić information content (AvgIpc) is 2.18. The van der Waals surface area contributed by atoms with Crippen molar-refractivity contribution in [3.8, 4) is 0 Å². The van der Waals surface area contributed by atoms with Gasteiger partial charge in [-0.25, -0.2) is 9.97 Å². The summed E-state index contributed by atoms with van der Waals surface area (Å²) in [7, 11) is 0. The molecule has 0 radical (unpaired) electrons. The van der Waals surface area contributed by atoms with Crippen LogP contribution < -0.4 is 5.32 Å². The van der Waals surface area contributed by atoms with Gasteiger partial charge in [0.15, 0.2) is 0 Å². The van der Waals surface area contributed by atoms with Gasteiger partial charge in [-0.1, -0.05) is 27.7 Å². The summed E-state index contributed by atoms with van der Waals surface area (Å²) in [4.78, 5) is 7.96. The standard InChI is InChI=1S/C12H21N3/c1-10(12(2,3)4)5-13-6-11-7-14-9-15-8-11/h7-10,13H,5-6H2,1-4H3. The molecule has 0 saturated heterocycles. The first-order valence-electron chi connectivity index (χ1n) is 5.45. The molecule has 1 rings (SSSR count). The molecule has 0 aromatic carbocycles. The summed E-state index contributed by atoms with van der Waals surface area (Å²) < 4.78 is 0. The molecule has 84 valence electrons. The second-order valence-electron chi connectivity index (χ2n) is 5.14. The highest BCUT2D eigenvalue weighted by atomic mass is 14.9. The molecule has 0 amide bonds. The van der Waals surface area contributed by atoms with E-state index in [9.17, 15) is 0 Å². The Morgan fingerprint density at radius 1 is 1.27 bits per heavy atom. The summed E-state index contributed by atoms with van der Waals surface area (Å²) in [5.74, 6) is 0.655. The number of nitrogens with one attached hydrogen (secondary N) is 1. The molecule has 0 spiro atoms. The van der Waals surface area contributed by atoms with Crippen molar-refractivity contribution in [3.63, 3.8) is 0 Å². The summed E-state index contributed by atoms with van der Waals surface area (Å²) in [6.45, 7) is 11.0. The summed E-state index contributed by atoms with van der Waals surface area (Å²) in [6, 6.07) is 0. The van der Waals surface area contributed by atoms with Crippen LogP contribution in [0.15, 0.2) is 18.7 Å². The highest BCUT2D eigenvalue weighted by molar-refractivity contribution is 5.01. The van der Waals surface area contributed by atoms with Crippen LogP contribution in [0.2, 0.25) is 0 Å². The quantitative estimate of drug-likeness (QED) is 0.823. The van der Waals surface area contributed by atoms with Crippen LogP contribution in [0.25, 0.3) is 0 Å². The Hall–Kier alpha value is -0.960. The summed E-state index contributed by atoms with van der Waals surface area (Å²) in [6.07, 6.45) is 5.25. The van der Waals surface area contributed by atoms with E-state index in [1.165, 1.54) is 0 Å². The lowest BCUT2D eigenvalue weighted by molar-refractivity contribution is 0.252. The van der Waals surface area contributed by atoms with Gasteiger partial charge in [-0.3, -0.25) is 0 Å². The number of hydrogen-bond donors (Lipinski definition) is 1. The average molecular weight is 207 g/mol. The lowest BCUT2D eigenvalue weighted by atomic mass is 9.82. The van der Waals surface area contributed by atoms with Crippen molar-refractivity contribution < 1.29 is 0 Å². The third kappa shape index (κ3) is 4.38. The third-order valence-corrected chi connectivity index (χ3v) is 2.87. The van der Waals surface area contributed by atoms with Crippen LogP contribution in [0.4, 0.5) is 0 Å². The molecular formula is C12H21N3. The molecular weight excluding hydrogens is 186 g/mol. The van der Waals surface area contributed by atoms with Crippen molar-refractivity contribution in [1.82, 2.24) is 15.3 Å². The maximum atomic E-state index is 3.98. The first kappa shape index (κ1) is 12.1. The zero-order chi connectivity index (χ0) is 11.3. The molecule has 0 bridgehead atoms. The summed E-state index contributed by atoms with van der Waals surface area (Å²) >= 11 is 0. The first-order chi connectivity index (χ1) is 7.00. The van der Waals surface area contributed by atoms with E-state index in [-0.39, 0.29) is 0 Å². The van der Waals surface area contributed by atoms with E-state index in [0.717, 1.165) is 18.7 Å². The van der Waals surface area contributed by atoms with E-state index < -0.39 is 0 Å². The van der Waals surface area contributed by atoms with Gasteiger partial charge in [0.2, 0.25) is 0 Å². The normalized spacial score (nSPS) is 13.9. The first-order valence-corrected chi connectivity index (χ1v) is 5.45. The van der Waals surface area contributed by atoms with Gasteiger partial charge in [-0.05, 0) is 17.9 Å². The Labute approximate surface area is 92.3 Å². The van der Waals surface area contributed by atoms with Crippen LogP contribution in [0.3, 0.4) is 0 Å². The predicted molar refractivity (Wildman–Crippen MR) is 62.4 cm³/mol. The minimum Gasteiger partial charge on any atom is -0.312 e. The fraction of sp³-hybridized carbons (Fsp3) is 0.667. The summed E-state index contributed by atoms with van der Waals surface area (Å²) in [5, 5.41) is 3.43. The molecule has 1 atom stereocenters. The Balaban J connectivity index is 2.28. The van der Waals surface area contributed by atoms with Crippen LogP contribution in [-0.2, 0) is 6.54 Å². The topological polar surface area (TPSA) is 37.8 Å². The van der Waals surface area contributed by atoms with Crippen LogP contribution in [-0.4, -0.2) is 16.5 Å². The molecule has 0 fully saturated rings. The van der Waals surface area contributed by atoms with Crippen LogP contribution in [0.1, 0.15) is 33.3 Å².